The molecule has 6 aromatic heterocycles. The number of H-pyrrole nitrogens is 2. The van der Waals surface area contributed by atoms with Crippen molar-refractivity contribution in [1.29, 1.82) is 0 Å². The van der Waals surface area contributed by atoms with Gasteiger partial charge >= 0.3 is 0 Å². The third kappa shape index (κ3) is 4.41. The van der Waals surface area contributed by atoms with Crippen LogP contribution in [0.3, 0.4) is 0 Å². The molecular formula is C27H23N9O. The van der Waals surface area contributed by atoms with E-state index in [1.165, 1.54) is 0 Å². The van der Waals surface area contributed by atoms with Crippen LogP contribution < -0.4 is 5.32 Å². The number of fused-ring (bicyclic) bond motifs is 2. The molecule has 6 aromatic rings. The summed E-state index contributed by atoms with van der Waals surface area (Å²) in [5, 5.41) is 12.4. The van der Waals surface area contributed by atoms with Gasteiger partial charge in [-0.15, -0.1) is 0 Å². The number of anilines is 1. The Morgan fingerprint density at radius 3 is 2.68 bits per heavy atom. The van der Waals surface area contributed by atoms with Crippen LogP contribution in [-0.2, 0) is 4.79 Å². The molecule has 0 unspecified atom stereocenters. The number of carbonyl (C=O) groups is 1. The summed E-state index contributed by atoms with van der Waals surface area (Å²) >= 11 is 0. The van der Waals surface area contributed by atoms with Gasteiger partial charge < -0.3 is 15.2 Å². The number of amides is 1. The van der Waals surface area contributed by atoms with Gasteiger partial charge in [0.15, 0.2) is 0 Å². The molecule has 6 heterocycles. The normalized spacial score (nSPS) is 11.4. The second-order valence-corrected chi connectivity index (χ2v) is 8.98. The molecule has 182 valence electrons. The van der Waals surface area contributed by atoms with E-state index in [1.54, 1.807) is 31.0 Å². The molecule has 10 nitrogen and oxygen atoms in total. The molecule has 0 aliphatic heterocycles. The Balaban J connectivity index is 1.38. The molecular weight excluding hydrogens is 466 g/mol. The van der Waals surface area contributed by atoms with E-state index in [-0.39, 0.29) is 12.5 Å². The zero-order chi connectivity index (χ0) is 25.4. The first kappa shape index (κ1) is 22.5. The molecule has 1 amide bonds. The monoisotopic (exact) mass is 489 g/mol. The van der Waals surface area contributed by atoms with Crippen molar-refractivity contribution in [3.05, 3.63) is 73.6 Å². The highest BCUT2D eigenvalue weighted by Gasteiger charge is 2.16. The quantitative estimate of drug-likeness (QED) is 0.321. The Kier molecular flexibility index (Phi) is 5.62. The van der Waals surface area contributed by atoms with Crippen LogP contribution in [0, 0.1) is 0 Å². The first-order chi connectivity index (χ1) is 18.0. The molecule has 0 aliphatic carbocycles. The molecule has 0 radical (unpaired) electrons. The van der Waals surface area contributed by atoms with Crippen LogP contribution in [0.5, 0.6) is 0 Å². The van der Waals surface area contributed by atoms with Gasteiger partial charge in [0.1, 0.15) is 11.3 Å². The smallest absolute Gasteiger partial charge is 0.238 e. The van der Waals surface area contributed by atoms with Gasteiger partial charge in [-0.05, 0) is 50.0 Å². The second kappa shape index (κ2) is 9.25. The molecule has 0 atom stereocenters. The van der Waals surface area contributed by atoms with E-state index in [4.69, 9.17) is 0 Å². The molecule has 0 saturated heterocycles. The number of aromatic nitrogens is 7. The number of rotatable bonds is 6. The van der Waals surface area contributed by atoms with Gasteiger partial charge in [-0.3, -0.25) is 24.8 Å². The summed E-state index contributed by atoms with van der Waals surface area (Å²) in [6, 6.07) is 11.8. The molecule has 0 saturated carbocycles. The summed E-state index contributed by atoms with van der Waals surface area (Å²) in [4.78, 5) is 35.1. The minimum Gasteiger partial charge on any atom is -0.338 e. The highest BCUT2D eigenvalue weighted by Crippen LogP contribution is 2.34. The van der Waals surface area contributed by atoms with Crippen LogP contribution in [0.25, 0.3) is 55.7 Å². The predicted molar refractivity (Wildman–Crippen MR) is 143 cm³/mol. The van der Waals surface area contributed by atoms with E-state index >= 15 is 0 Å². The number of nitrogens with one attached hydrogen (secondary N) is 3. The number of pyridine rings is 4. The van der Waals surface area contributed by atoms with Crippen LogP contribution in [0.15, 0.2) is 73.6 Å². The van der Waals surface area contributed by atoms with E-state index in [0.717, 1.165) is 55.7 Å². The number of aromatic amines is 2. The minimum atomic E-state index is -0.109. The third-order valence-electron chi connectivity index (χ3n) is 5.98. The van der Waals surface area contributed by atoms with Crippen molar-refractivity contribution in [3.8, 4) is 33.8 Å². The molecule has 6 rings (SSSR count). The number of hydrogen-bond acceptors (Lipinski definition) is 7. The zero-order valence-corrected chi connectivity index (χ0v) is 20.2. The van der Waals surface area contributed by atoms with Crippen molar-refractivity contribution < 1.29 is 4.79 Å². The number of nitrogens with zero attached hydrogens (tertiary/aromatic N) is 6. The minimum absolute atomic E-state index is 0.109. The SMILES string of the molecule is CN(C)CC(=O)Nc1cncc(-c2cc3c(-c4cc5c(-c6cccnc6)ccnc5[nH]4)n[nH]c3cn2)c1. The highest BCUT2D eigenvalue weighted by molar-refractivity contribution is 6.00. The van der Waals surface area contributed by atoms with E-state index < -0.39 is 0 Å². The standard InChI is InChI=1S/C27H23N9O/c1-36(2)15-25(37)32-18-8-17(12-29-13-18)22-10-21-24(14-31-22)34-35-26(21)23-9-20-19(5-7-30-27(20)33-23)16-4-3-6-28-11-16/h3-14H,15H2,1-2H3,(H,30,33)(H,32,37)(H,34,35). The van der Waals surface area contributed by atoms with Gasteiger partial charge in [0.05, 0.1) is 41.5 Å². The Bertz CT molecular complexity index is 1740. The topological polar surface area (TPSA) is 128 Å². The maximum absolute atomic E-state index is 12.2. The van der Waals surface area contributed by atoms with Gasteiger partial charge in [0, 0.05) is 46.7 Å². The average molecular weight is 490 g/mol. The molecule has 0 fully saturated rings. The fourth-order valence-electron chi connectivity index (χ4n) is 4.34. The summed E-state index contributed by atoms with van der Waals surface area (Å²) in [6.07, 6.45) is 10.5. The number of likely N-dealkylation sites (N-methyl/N-ethyl adjacent to an activating group) is 1. The molecule has 3 N–H and O–H groups in total. The lowest BCUT2D eigenvalue weighted by Gasteiger charge is -2.10. The van der Waals surface area contributed by atoms with E-state index in [0.29, 0.717) is 5.69 Å². The molecule has 10 heteroatoms. The third-order valence-corrected chi connectivity index (χ3v) is 5.98. The van der Waals surface area contributed by atoms with Crippen LogP contribution >= 0.6 is 0 Å². The van der Waals surface area contributed by atoms with Crippen LogP contribution in [0.4, 0.5) is 5.69 Å². The van der Waals surface area contributed by atoms with Crippen molar-refractivity contribution in [2.45, 2.75) is 0 Å². The Morgan fingerprint density at radius 1 is 0.946 bits per heavy atom. The van der Waals surface area contributed by atoms with Crippen molar-refractivity contribution in [1.82, 2.24) is 40.0 Å². The fraction of sp³-hybridized carbons (Fsp3) is 0.111. The molecule has 37 heavy (non-hydrogen) atoms. The molecule has 0 aliphatic rings. The molecule has 0 aromatic carbocycles. The lowest BCUT2D eigenvalue weighted by Crippen LogP contribution is -2.27. The van der Waals surface area contributed by atoms with Gasteiger partial charge in [0.2, 0.25) is 5.91 Å². The maximum atomic E-state index is 12.2. The van der Waals surface area contributed by atoms with Crippen molar-refractivity contribution in [2.24, 2.45) is 0 Å². The zero-order valence-electron chi connectivity index (χ0n) is 20.2. The van der Waals surface area contributed by atoms with Gasteiger partial charge in [-0.2, -0.15) is 5.10 Å². The summed E-state index contributed by atoms with van der Waals surface area (Å²) in [6.45, 7) is 0.286. The number of carbonyl (C=O) groups excluding carboxylic acids is 1. The van der Waals surface area contributed by atoms with E-state index in [9.17, 15) is 4.79 Å². The van der Waals surface area contributed by atoms with Crippen LogP contribution in [0.2, 0.25) is 0 Å². The Morgan fingerprint density at radius 2 is 1.84 bits per heavy atom. The lowest BCUT2D eigenvalue weighted by atomic mass is 10.1. The summed E-state index contributed by atoms with van der Waals surface area (Å²) in [5.41, 5.74) is 7.36. The fourth-order valence-corrected chi connectivity index (χ4v) is 4.34. The van der Waals surface area contributed by atoms with E-state index in [2.05, 4.69) is 46.5 Å². The number of hydrogen-bond donors (Lipinski definition) is 3. The predicted octanol–water partition coefficient (Wildman–Crippen LogP) is 4.13. The van der Waals surface area contributed by atoms with Gasteiger partial charge in [0.25, 0.3) is 0 Å². The van der Waals surface area contributed by atoms with Crippen molar-refractivity contribution in [2.75, 3.05) is 26.0 Å². The second-order valence-electron chi connectivity index (χ2n) is 8.98. The van der Waals surface area contributed by atoms with E-state index in [1.807, 2.05) is 55.5 Å². The molecule has 0 spiro atoms. The Hall–Kier alpha value is -4.96. The van der Waals surface area contributed by atoms with Crippen molar-refractivity contribution in [3.63, 3.8) is 0 Å². The van der Waals surface area contributed by atoms with Crippen LogP contribution in [-0.4, -0.2) is 66.6 Å². The highest BCUT2D eigenvalue weighted by atomic mass is 16.2. The first-order valence-corrected chi connectivity index (χ1v) is 11.7. The van der Waals surface area contributed by atoms with Crippen LogP contribution in [0.1, 0.15) is 0 Å². The summed E-state index contributed by atoms with van der Waals surface area (Å²) in [5.74, 6) is -0.109. The Labute approximate surface area is 211 Å². The summed E-state index contributed by atoms with van der Waals surface area (Å²) in [7, 11) is 3.69. The first-order valence-electron chi connectivity index (χ1n) is 11.7. The van der Waals surface area contributed by atoms with Crippen molar-refractivity contribution >= 4 is 33.5 Å². The largest absolute Gasteiger partial charge is 0.338 e. The maximum Gasteiger partial charge on any atom is 0.238 e. The van der Waals surface area contributed by atoms with Gasteiger partial charge in [-0.1, -0.05) is 6.07 Å². The average Bonchev–Trinajstić information content (AvgIpc) is 3.52. The molecule has 0 bridgehead atoms. The lowest BCUT2D eigenvalue weighted by molar-refractivity contribution is -0.116. The van der Waals surface area contributed by atoms with Gasteiger partial charge in [-0.25, -0.2) is 4.98 Å². The summed E-state index contributed by atoms with van der Waals surface area (Å²) < 4.78 is 0.